The summed E-state index contributed by atoms with van der Waals surface area (Å²) in [5, 5.41) is 2.80. The van der Waals surface area contributed by atoms with Gasteiger partial charge in [0.25, 0.3) is 0 Å². The maximum Gasteiger partial charge on any atom is 0.407 e. The third-order valence-corrected chi connectivity index (χ3v) is 4.25. The van der Waals surface area contributed by atoms with E-state index in [0.717, 1.165) is 28.7 Å². The fourth-order valence-electron chi connectivity index (χ4n) is 3.07. The van der Waals surface area contributed by atoms with Gasteiger partial charge >= 0.3 is 12.1 Å². The number of ether oxygens (including phenoxy) is 2. The Morgan fingerprint density at radius 1 is 1.03 bits per heavy atom. The summed E-state index contributed by atoms with van der Waals surface area (Å²) in [7, 11) is 0. The highest BCUT2D eigenvalue weighted by Gasteiger charge is 2.15. The summed E-state index contributed by atoms with van der Waals surface area (Å²) >= 11 is 0. The predicted molar refractivity (Wildman–Crippen MR) is 116 cm³/mol. The maximum atomic E-state index is 11.9. The molecule has 0 spiro atoms. The molecular weight excluding hydrogens is 380 g/mol. The zero-order chi connectivity index (χ0) is 22.0. The van der Waals surface area contributed by atoms with Crippen molar-refractivity contribution in [3.8, 4) is 0 Å². The summed E-state index contributed by atoms with van der Waals surface area (Å²) in [4.78, 5) is 27.8. The van der Waals surface area contributed by atoms with Crippen LogP contribution in [0.25, 0.3) is 0 Å². The van der Waals surface area contributed by atoms with Crippen LogP contribution in [-0.4, -0.2) is 35.8 Å². The van der Waals surface area contributed by atoms with Gasteiger partial charge in [0.1, 0.15) is 5.60 Å². The molecule has 2 aromatic rings. The fourth-order valence-corrected chi connectivity index (χ4v) is 3.07. The van der Waals surface area contributed by atoms with Crippen LogP contribution in [0, 0.1) is 0 Å². The molecule has 0 saturated heterocycles. The maximum absolute atomic E-state index is 11.9. The molecule has 6 nitrogen and oxygen atoms in total. The van der Waals surface area contributed by atoms with Crippen molar-refractivity contribution in [3.05, 3.63) is 65.0 Å². The first kappa shape index (κ1) is 23.4. The number of alkyl carbamates (subject to hydrolysis) is 1. The van der Waals surface area contributed by atoms with Crippen LogP contribution in [0.5, 0.6) is 0 Å². The first-order valence-corrected chi connectivity index (χ1v) is 10.4. The lowest BCUT2D eigenvalue weighted by atomic mass is 9.97. The van der Waals surface area contributed by atoms with Crippen molar-refractivity contribution in [2.75, 3.05) is 13.2 Å². The minimum atomic E-state index is -0.520. The van der Waals surface area contributed by atoms with Gasteiger partial charge in [0.15, 0.2) is 0 Å². The zero-order valence-corrected chi connectivity index (χ0v) is 18.4. The predicted octanol–water partition coefficient (Wildman–Crippen LogP) is 4.24. The smallest absolute Gasteiger partial charge is 0.407 e. The summed E-state index contributed by atoms with van der Waals surface area (Å²) in [6.45, 7) is 8.19. The molecule has 0 unspecified atom stereocenters. The van der Waals surface area contributed by atoms with Gasteiger partial charge in [-0.15, -0.1) is 0 Å². The van der Waals surface area contributed by atoms with Crippen molar-refractivity contribution in [2.24, 2.45) is 0 Å². The highest BCUT2D eigenvalue weighted by molar-refractivity contribution is 5.69. The molecule has 2 rings (SSSR count). The van der Waals surface area contributed by atoms with Crippen LogP contribution in [0.1, 0.15) is 56.4 Å². The number of benzene rings is 1. The van der Waals surface area contributed by atoms with Gasteiger partial charge in [0.05, 0.1) is 6.61 Å². The van der Waals surface area contributed by atoms with Crippen LogP contribution in [0.2, 0.25) is 0 Å². The van der Waals surface area contributed by atoms with E-state index < -0.39 is 11.7 Å². The molecule has 30 heavy (non-hydrogen) atoms. The summed E-state index contributed by atoms with van der Waals surface area (Å²) in [6.07, 6.45) is 5.59. The van der Waals surface area contributed by atoms with Crippen molar-refractivity contribution in [1.82, 2.24) is 10.3 Å². The number of carbonyl (C=O) groups excluding carboxylic acids is 2. The van der Waals surface area contributed by atoms with Crippen molar-refractivity contribution in [3.63, 3.8) is 0 Å². The second kappa shape index (κ2) is 11.3. The van der Waals surface area contributed by atoms with E-state index in [1.54, 1.807) is 6.20 Å². The Balaban J connectivity index is 2.06. The van der Waals surface area contributed by atoms with Gasteiger partial charge in [-0.1, -0.05) is 24.3 Å². The lowest BCUT2D eigenvalue weighted by Crippen LogP contribution is -2.33. The molecule has 0 fully saturated rings. The number of aromatic nitrogens is 1. The third kappa shape index (κ3) is 9.07. The summed E-state index contributed by atoms with van der Waals surface area (Å²) in [5.41, 5.74) is 3.94. The van der Waals surface area contributed by atoms with Crippen LogP contribution in [0.4, 0.5) is 4.79 Å². The Morgan fingerprint density at radius 2 is 1.73 bits per heavy atom. The zero-order valence-electron chi connectivity index (χ0n) is 18.4. The number of rotatable bonds is 9. The molecule has 0 aliphatic carbocycles. The number of nitrogens with one attached hydrogen (secondary N) is 1. The van der Waals surface area contributed by atoms with Crippen molar-refractivity contribution >= 4 is 12.1 Å². The number of hydrogen-bond acceptors (Lipinski definition) is 5. The summed E-state index contributed by atoms with van der Waals surface area (Å²) in [6, 6.07) is 10.3. The Hall–Kier alpha value is -2.89. The molecule has 1 aromatic heterocycles. The molecule has 0 atom stereocenters. The topological polar surface area (TPSA) is 77.5 Å². The molecule has 0 saturated carbocycles. The standard InChI is InChI=1S/C24H32N2O4/c1-5-29-22(27)9-8-18-13-19(10-12-26-23(28)30-24(2,3)4)15-21(14-18)16-20-7-6-11-25-17-20/h6-7,11,13-15,17H,5,8-10,12,16H2,1-4H3,(H,26,28). The molecule has 6 heteroatoms. The van der Waals surface area contributed by atoms with E-state index in [1.807, 2.05) is 46.0 Å². The van der Waals surface area contributed by atoms with E-state index in [9.17, 15) is 9.59 Å². The first-order valence-electron chi connectivity index (χ1n) is 10.4. The molecule has 1 aromatic carbocycles. The monoisotopic (exact) mass is 412 g/mol. The van der Waals surface area contributed by atoms with Gasteiger partial charge < -0.3 is 14.8 Å². The summed E-state index contributed by atoms with van der Waals surface area (Å²) in [5.74, 6) is -0.191. The molecule has 162 valence electrons. The Morgan fingerprint density at radius 3 is 2.37 bits per heavy atom. The number of aryl methyl sites for hydroxylation is 1. The molecular formula is C24H32N2O4. The lowest BCUT2D eigenvalue weighted by Gasteiger charge is -2.19. The molecule has 1 N–H and O–H groups in total. The van der Waals surface area contributed by atoms with E-state index in [1.165, 1.54) is 0 Å². The highest BCUT2D eigenvalue weighted by Crippen LogP contribution is 2.17. The Kier molecular flexibility index (Phi) is 8.84. The Labute approximate surface area is 179 Å². The minimum absolute atomic E-state index is 0.191. The largest absolute Gasteiger partial charge is 0.466 e. The van der Waals surface area contributed by atoms with E-state index in [0.29, 0.717) is 32.4 Å². The van der Waals surface area contributed by atoms with Gasteiger partial charge in [-0.2, -0.15) is 0 Å². The lowest BCUT2D eigenvalue weighted by molar-refractivity contribution is -0.143. The van der Waals surface area contributed by atoms with Crippen LogP contribution in [0.3, 0.4) is 0 Å². The number of amides is 1. The number of hydrogen-bond donors (Lipinski definition) is 1. The van der Waals surface area contributed by atoms with Crippen LogP contribution in [0.15, 0.2) is 42.7 Å². The molecule has 0 bridgehead atoms. The number of nitrogens with zero attached hydrogens (tertiary/aromatic N) is 1. The third-order valence-electron chi connectivity index (χ3n) is 4.25. The van der Waals surface area contributed by atoms with E-state index in [2.05, 4.69) is 28.5 Å². The van der Waals surface area contributed by atoms with Gasteiger partial charge in [0.2, 0.25) is 0 Å². The molecule has 0 aliphatic rings. The molecule has 1 heterocycles. The second-order valence-corrected chi connectivity index (χ2v) is 8.18. The first-order chi connectivity index (χ1) is 14.2. The molecule has 0 radical (unpaired) electrons. The SMILES string of the molecule is CCOC(=O)CCc1cc(CCNC(=O)OC(C)(C)C)cc(Cc2cccnc2)c1. The molecule has 0 aliphatic heterocycles. The fraction of sp³-hybridized carbons (Fsp3) is 0.458. The van der Waals surface area contributed by atoms with E-state index >= 15 is 0 Å². The van der Waals surface area contributed by atoms with E-state index in [-0.39, 0.29) is 5.97 Å². The number of esters is 1. The van der Waals surface area contributed by atoms with Gasteiger partial charge in [-0.05, 0) is 75.3 Å². The van der Waals surface area contributed by atoms with Crippen LogP contribution < -0.4 is 5.32 Å². The highest BCUT2D eigenvalue weighted by atomic mass is 16.6. The van der Waals surface area contributed by atoms with Crippen LogP contribution >= 0.6 is 0 Å². The van der Waals surface area contributed by atoms with Crippen molar-refractivity contribution in [2.45, 2.75) is 59.0 Å². The quantitative estimate of drug-likeness (QED) is 0.624. The minimum Gasteiger partial charge on any atom is -0.466 e. The number of pyridine rings is 1. The van der Waals surface area contributed by atoms with Gasteiger partial charge in [-0.3, -0.25) is 9.78 Å². The average Bonchev–Trinajstić information content (AvgIpc) is 2.66. The van der Waals surface area contributed by atoms with Gasteiger partial charge in [-0.25, -0.2) is 4.79 Å². The molecule has 1 amide bonds. The van der Waals surface area contributed by atoms with Gasteiger partial charge in [0, 0.05) is 25.4 Å². The summed E-state index contributed by atoms with van der Waals surface area (Å²) < 4.78 is 10.3. The number of carbonyl (C=O) groups is 2. The van der Waals surface area contributed by atoms with E-state index in [4.69, 9.17) is 9.47 Å². The average molecular weight is 413 g/mol. The van der Waals surface area contributed by atoms with Crippen LogP contribution in [-0.2, 0) is 33.5 Å². The van der Waals surface area contributed by atoms with Crippen molar-refractivity contribution in [1.29, 1.82) is 0 Å². The Bertz CT molecular complexity index is 829. The normalized spacial score (nSPS) is 11.1. The van der Waals surface area contributed by atoms with Crippen molar-refractivity contribution < 1.29 is 19.1 Å². The second-order valence-electron chi connectivity index (χ2n) is 8.18.